The van der Waals surface area contributed by atoms with Crippen molar-refractivity contribution in [3.05, 3.63) is 137 Å². The molecule has 0 aromatic heterocycles. The van der Waals surface area contributed by atoms with Crippen molar-refractivity contribution in [1.82, 2.24) is 0 Å². The first-order valence-corrected chi connectivity index (χ1v) is 12.4. The van der Waals surface area contributed by atoms with E-state index in [4.69, 9.17) is 14.5 Å². The maximum Gasteiger partial charge on any atom is 0.345 e. The Balaban J connectivity index is 1.82. The lowest BCUT2D eigenvalue weighted by Gasteiger charge is -2.38. The second kappa shape index (κ2) is 10.6. The Morgan fingerprint density at radius 2 is 1.42 bits per heavy atom. The third-order valence-electron chi connectivity index (χ3n) is 6.55. The minimum Gasteiger partial charge on any atom is -0.506 e. The highest BCUT2D eigenvalue weighted by Crippen LogP contribution is 2.46. The first kappa shape index (κ1) is 24.8. The van der Waals surface area contributed by atoms with Gasteiger partial charge >= 0.3 is 5.97 Å². The molecule has 6 heteroatoms. The van der Waals surface area contributed by atoms with Gasteiger partial charge in [-0.25, -0.2) is 9.79 Å². The van der Waals surface area contributed by atoms with Crippen LogP contribution in [0.2, 0.25) is 0 Å². The summed E-state index contributed by atoms with van der Waals surface area (Å²) in [4.78, 5) is 18.6. The molecule has 0 unspecified atom stereocenters. The van der Waals surface area contributed by atoms with Crippen molar-refractivity contribution in [2.75, 3.05) is 19.0 Å². The molecule has 0 saturated heterocycles. The molecular weight excluding hydrogens is 476 g/mol. The zero-order valence-electron chi connectivity index (χ0n) is 21.2. The Morgan fingerprint density at radius 3 is 2.00 bits per heavy atom. The first-order valence-electron chi connectivity index (χ1n) is 12.4. The summed E-state index contributed by atoms with van der Waals surface area (Å²) in [5, 5.41) is 14.8. The molecule has 1 aliphatic heterocycles. The summed E-state index contributed by atoms with van der Waals surface area (Å²) in [6.07, 6.45) is 0. The zero-order valence-corrected chi connectivity index (χ0v) is 21.2. The number of carbonyl (C=O) groups excluding carboxylic acids is 1. The predicted octanol–water partition coefficient (Wildman–Crippen LogP) is 6.34. The molecule has 190 valence electrons. The van der Waals surface area contributed by atoms with E-state index in [0.717, 1.165) is 22.4 Å². The molecule has 38 heavy (non-hydrogen) atoms. The number of hydrogen-bond acceptors (Lipinski definition) is 6. The molecule has 1 heterocycles. The van der Waals surface area contributed by atoms with Crippen LogP contribution in [0.5, 0.6) is 5.75 Å². The molecule has 0 saturated carbocycles. The summed E-state index contributed by atoms with van der Waals surface area (Å²) in [6.45, 7) is 1.87. The fraction of sp³-hybridized carbons (Fsp3) is 0.125. The van der Waals surface area contributed by atoms with E-state index in [9.17, 15) is 9.90 Å². The number of nitrogens with zero attached hydrogens (tertiary/aromatic N) is 1. The molecule has 4 aromatic carbocycles. The fourth-order valence-corrected chi connectivity index (χ4v) is 4.78. The van der Waals surface area contributed by atoms with E-state index in [1.165, 1.54) is 0 Å². The molecule has 0 fully saturated rings. The van der Waals surface area contributed by atoms with E-state index in [0.29, 0.717) is 11.3 Å². The molecule has 4 aromatic rings. The molecule has 0 atom stereocenters. The first-order chi connectivity index (χ1) is 18.6. The Morgan fingerprint density at radius 1 is 0.842 bits per heavy atom. The number of carbonyl (C=O) groups is 1. The van der Waals surface area contributed by atoms with Crippen molar-refractivity contribution in [3.8, 4) is 5.75 Å². The number of amidine groups is 1. The number of hydrogen-bond donors (Lipinski definition) is 2. The Kier molecular flexibility index (Phi) is 6.96. The lowest BCUT2D eigenvalue weighted by atomic mass is 9.75. The van der Waals surface area contributed by atoms with Crippen LogP contribution >= 0.6 is 0 Å². The van der Waals surface area contributed by atoms with E-state index < -0.39 is 11.5 Å². The average Bonchev–Trinajstić information content (AvgIpc) is 2.98. The van der Waals surface area contributed by atoms with Gasteiger partial charge in [0.2, 0.25) is 0 Å². The molecule has 1 aliphatic rings. The van der Waals surface area contributed by atoms with Gasteiger partial charge in [0.25, 0.3) is 0 Å². The number of esters is 1. The largest absolute Gasteiger partial charge is 0.506 e. The van der Waals surface area contributed by atoms with Gasteiger partial charge in [0.1, 0.15) is 28.5 Å². The van der Waals surface area contributed by atoms with E-state index >= 15 is 0 Å². The third kappa shape index (κ3) is 4.41. The Bertz CT molecular complexity index is 1450. The lowest BCUT2D eigenvalue weighted by Crippen LogP contribution is -2.38. The Hall–Kier alpha value is -4.84. The topological polar surface area (TPSA) is 80.2 Å². The highest BCUT2D eigenvalue weighted by molar-refractivity contribution is 6.28. The predicted molar refractivity (Wildman–Crippen MR) is 149 cm³/mol. The van der Waals surface area contributed by atoms with Crippen LogP contribution < -0.4 is 10.1 Å². The van der Waals surface area contributed by atoms with E-state index in [1.54, 1.807) is 38.3 Å². The van der Waals surface area contributed by atoms with Gasteiger partial charge in [-0.2, -0.15) is 0 Å². The summed E-state index contributed by atoms with van der Waals surface area (Å²) in [5.74, 6) is -0.0788. The number of ether oxygens (including phenoxy) is 2. The smallest absolute Gasteiger partial charge is 0.345 e. The van der Waals surface area contributed by atoms with Gasteiger partial charge < -0.3 is 19.9 Å². The van der Waals surface area contributed by atoms with Crippen molar-refractivity contribution >= 4 is 23.3 Å². The molecular formula is C32H28N2O4. The number of benzene rings is 4. The van der Waals surface area contributed by atoms with Gasteiger partial charge in [-0.3, -0.25) is 0 Å². The van der Waals surface area contributed by atoms with E-state index in [-0.39, 0.29) is 23.8 Å². The minimum atomic E-state index is -0.988. The molecule has 6 nitrogen and oxygen atoms in total. The summed E-state index contributed by atoms with van der Waals surface area (Å²) in [5.41, 5.74) is 2.93. The second-order valence-electron chi connectivity index (χ2n) is 8.75. The van der Waals surface area contributed by atoms with E-state index in [2.05, 4.69) is 5.32 Å². The summed E-state index contributed by atoms with van der Waals surface area (Å²) in [6, 6.07) is 34.6. The number of aliphatic hydroxyl groups excluding tert-OH is 1. The van der Waals surface area contributed by atoms with Crippen molar-refractivity contribution in [2.45, 2.75) is 12.5 Å². The monoisotopic (exact) mass is 504 g/mol. The maximum atomic E-state index is 13.4. The molecule has 0 amide bonds. The van der Waals surface area contributed by atoms with Crippen LogP contribution in [0.4, 0.5) is 5.69 Å². The molecule has 0 spiro atoms. The van der Waals surface area contributed by atoms with Gasteiger partial charge in [-0.05, 0) is 48.4 Å². The zero-order chi connectivity index (χ0) is 26.5. The number of para-hydroxylation sites is 1. The van der Waals surface area contributed by atoms with Crippen LogP contribution in [0.15, 0.2) is 120 Å². The SMILES string of the molecule is CCOC(=O)/C(C1=NC(c2ccccc2)(c2ccccc2)c2ccccc2N1)=C(/O)c1ccc(OC)cc1. The quantitative estimate of drug-likeness (QED) is 0.174. The number of aliphatic hydroxyl groups is 1. The van der Waals surface area contributed by atoms with Gasteiger partial charge in [0, 0.05) is 16.8 Å². The highest BCUT2D eigenvalue weighted by atomic mass is 16.5. The molecule has 5 rings (SSSR count). The number of aliphatic imine (C=N–C) groups is 1. The van der Waals surface area contributed by atoms with Crippen molar-refractivity contribution in [2.24, 2.45) is 4.99 Å². The summed E-state index contributed by atoms with van der Waals surface area (Å²) >= 11 is 0. The molecule has 0 aliphatic carbocycles. The summed E-state index contributed by atoms with van der Waals surface area (Å²) < 4.78 is 10.7. The minimum absolute atomic E-state index is 0.0530. The number of fused-ring (bicyclic) bond motifs is 1. The van der Waals surface area contributed by atoms with Crippen molar-refractivity contribution < 1.29 is 19.4 Å². The van der Waals surface area contributed by atoms with E-state index in [1.807, 2.05) is 84.9 Å². The summed E-state index contributed by atoms with van der Waals surface area (Å²) in [7, 11) is 1.57. The second-order valence-corrected chi connectivity index (χ2v) is 8.75. The molecule has 0 bridgehead atoms. The molecule has 0 radical (unpaired) electrons. The number of nitrogens with one attached hydrogen (secondary N) is 1. The van der Waals surface area contributed by atoms with Crippen LogP contribution in [0.25, 0.3) is 5.76 Å². The average molecular weight is 505 g/mol. The standard InChI is InChI=1S/C32H28N2O4/c1-3-38-31(36)28(29(35)22-18-20-25(37-2)21-19-22)30-33-27-17-11-10-16-26(27)32(34-30,23-12-6-4-7-13-23)24-14-8-5-9-15-24/h4-21,35H,3H2,1-2H3,(H,33,34)/b29-28+. The number of methoxy groups -OCH3 is 1. The fourth-order valence-electron chi connectivity index (χ4n) is 4.78. The van der Waals surface area contributed by atoms with Crippen LogP contribution in [0, 0.1) is 0 Å². The van der Waals surface area contributed by atoms with Gasteiger partial charge in [-0.1, -0.05) is 78.9 Å². The van der Waals surface area contributed by atoms with Crippen molar-refractivity contribution in [1.29, 1.82) is 0 Å². The van der Waals surface area contributed by atoms with Gasteiger partial charge in [0.05, 0.1) is 13.7 Å². The number of anilines is 1. The normalized spacial score (nSPS) is 14.3. The van der Waals surface area contributed by atoms with Gasteiger partial charge in [-0.15, -0.1) is 0 Å². The number of rotatable bonds is 7. The Labute approximate surface area is 221 Å². The van der Waals surface area contributed by atoms with Crippen molar-refractivity contribution in [3.63, 3.8) is 0 Å². The van der Waals surface area contributed by atoms with Crippen LogP contribution in [0.1, 0.15) is 29.2 Å². The van der Waals surface area contributed by atoms with Crippen LogP contribution in [-0.2, 0) is 15.1 Å². The van der Waals surface area contributed by atoms with Crippen LogP contribution in [0.3, 0.4) is 0 Å². The maximum absolute atomic E-state index is 13.4. The third-order valence-corrected chi connectivity index (χ3v) is 6.55. The lowest BCUT2D eigenvalue weighted by molar-refractivity contribution is -0.137. The van der Waals surface area contributed by atoms with Crippen LogP contribution in [-0.4, -0.2) is 30.6 Å². The highest BCUT2D eigenvalue weighted by Gasteiger charge is 2.42. The molecule has 2 N–H and O–H groups in total. The van der Waals surface area contributed by atoms with Gasteiger partial charge in [0.15, 0.2) is 0 Å².